The normalized spacial score (nSPS) is 22.3. The van der Waals surface area contributed by atoms with Crippen molar-refractivity contribution < 1.29 is 4.79 Å². The molecule has 0 aromatic heterocycles. The molecule has 0 saturated carbocycles. The molecule has 1 aromatic rings. The van der Waals surface area contributed by atoms with Gasteiger partial charge in [-0.3, -0.25) is 4.79 Å². The Balaban J connectivity index is 1.66. The molecule has 2 N–H and O–H groups in total. The zero-order chi connectivity index (χ0) is 14.7. The number of anilines is 2. The first-order valence-corrected chi connectivity index (χ1v) is 8.14. The van der Waals surface area contributed by atoms with Gasteiger partial charge in [-0.05, 0) is 62.9 Å². The molecule has 2 heterocycles. The molecule has 0 bridgehead atoms. The highest BCUT2D eigenvalue weighted by Crippen LogP contribution is 2.25. The predicted molar refractivity (Wildman–Crippen MR) is 86.9 cm³/mol. The molecule has 0 aliphatic carbocycles. The van der Waals surface area contributed by atoms with Crippen molar-refractivity contribution in [3.8, 4) is 0 Å². The molecular formula is C17H25N3O. The molecule has 4 heteroatoms. The van der Waals surface area contributed by atoms with Crippen LogP contribution in [0.1, 0.15) is 37.7 Å². The van der Waals surface area contributed by atoms with Gasteiger partial charge >= 0.3 is 0 Å². The smallest absolute Gasteiger partial charge is 0.241 e. The Hall–Kier alpha value is -1.55. The summed E-state index contributed by atoms with van der Waals surface area (Å²) in [6, 6.07) is 6.33. The predicted octanol–water partition coefficient (Wildman–Crippen LogP) is 2.68. The van der Waals surface area contributed by atoms with E-state index in [0.29, 0.717) is 0 Å². The van der Waals surface area contributed by atoms with Crippen LogP contribution in [-0.4, -0.2) is 31.6 Å². The molecule has 2 aliphatic heterocycles. The van der Waals surface area contributed by atoms with Gasteiger partial charge < -0.3 is 15.5 Å². The summed E-state index contributed by atoms with van der Waals surface area (Å²) in [5, 5.41) is 6.37. The van der Waals surface area contributed by atoms with Crippen LogP contribution >= 0.6 is 0 Å². The molecule has 21 heavy (non-hydrogen) atoms. The summed E-state index contributed by atoms with van der Waals surface area (Å²) in [5.74, 6) is 0.103. The Morgan fingerprint density at radius 1 is 1.24 bits per heavy atom. The van der Waals surface area contributed by atoms with E-state index < -0.39 is 0 Å². The van der Waals surface area contributed by atoms with E-state index in [4.69, 9.17) is 0 Å². The number of rotatable bonds is 3. The van der Waals surface area contributed by atoms with Crippen LogP contribution < -0.4 is 15.5 Å². The van der Waals surface area contributed by atoms with Crippen LogP contribution in [0.4, 0.5) is 11.4 Å². The number of carbonyl (C=O) groups is 1. The first-order valence-electron chi connectivity index (χ1n) is 8.14. The van der Waals surface area contributed by atoms with Gasteiger partial charge in [-0.25, -0.2) is 0 Å². The monoisotopic (exact) mass is 287 g/mol. The van der Waals surface area contributed by atoms with Crippen molar-refractivity contribution in [3.05, 3.63) is 23.8 Å². The average Bonchev–Trinajstić information content (AvgIpc) is 3.04. The average molecular weight is 287 g/mol. The number of hydrogen-bond acceptors (Lipinski definition) is 3. The molecule has 1 amide bonds. The summed E-state index contributed by atoms with van der Waals surface area (Å²) in [6.07, 6.45) is 5.82. The van der Waals surface area contributed by atoms with E-state index in [2.05, 4.69) is 34.6 Å². The third-order valence-corrected chi connectivity index (χ3v) is 4.57. The molecule has 1 unspecified atom stereocenters. The molecule has 0 spiro atoms. The molecule has 114 valence electrons. The topological polar surface area (TPSA) is 44.4 Å². The number of nitrogens with zero attached hydrogens (tertiary/aromatic N) is 1. The van der Waals surface area contributed by atoms with Crippen LogP contribution in [0.15, 0.2) is 18.2 Å². The first kappa shape index (κ1) is 14.4. The summed E-state index contributed by atoms with van der Waals surface area (Å²) < 4.78 is 0. The maximum absolute atomic E-state index is 12.3. The Morgan fingerprint density at radius 3 is 2.71 bits per heavy atom. The summed E-state index contributed by atoms with van der Waals surface area (Å²) >= 11 is 0. The second-order valence-electron chi connectivity index (χ2n) is 6.19. The van der Waals surface area contributed by atoms with Crippen molar-refractivity contribution in [1.82, 2.24) is 5.32 Å². The fourth-order valence-corrected chi connectivity index (χ4v) is 3.26. The highest BCUT2D eigenvalue weighted by Gasteiger charge is 2.21. The van der Waals surface area contributed by atoms with E-state index in [-0.39, 0.29) is 11.9 Å². The van der Waals surface area contributed by atoms with Crippen molar-refractivity contribution in [3.63, 3.8) is 0 Å². The fourth-order valence-electron chi connectivity index (χ4n) is 3.26. The van der Waals surface area contributed by atoms with Gasteiger partial charge in [-0.2, -0.15) is 0 Å². The van der Waals surface area contributed by atoms with Crippen molar-refractivity contribution in [2.75, 3.05) is 29.9 Å². The lowest BCUT2D eigenvalue weighted by Gasteiger charge is -2.23. The number of aryl methyl sites for hydroxylation is 1. The zero-order valence-corrected chi connectivity index (χ0v) is 12.8. The molecule has 3 rings (SSSR count). The van der Waals surface area contributed by atoms with Gasteiger partial charge in [-0.15, -0.1) is 0 Å². The van der Waals surface area contributed by atoms with E-state index in [9.17, 15) is 4.79 Å². The van der Waals surface area contributed by atoms with E-state index in [0.717, 1.165) is 43.7 Å². The van der Waals surface area contributed by atoms with Gasteiger partial charge in [0.25, 0.3) is 0 Å². The highest BCUT2D eigenvalue weighted by atomic mass is 16.2. The molecule has 4 nitrogen and oxygen atoms in total. The minimum atomic E-state index is -0.0311. The summed E-state index contributed by atoms with van der Waals surface area (Å²) in [7, 11) is 0. The third-order valence-electron chi connectivity index (χ3n) is 4.57. The van der Waals surface area contributed by atoms with E-state index in [1.807, 2.05) is 6.07 Å². The Bertz CT molecular complexity index is 503. The van der Waals surface area contributed by atoms with Crippen LogP contribution in [0, 0.1) is 6.92 Å². The Morgan fingerprint density at radius 2 is 2.05 bits per heavy atom. The van der Waals surface area contributed by atoms with Gasteiger partial charge in [0.2, 0.25) is 5.91 Å². The molecule has 2 fully saturated rings. The largest absolute Gasteiger partial charge is 0.372 e. The van der Waals surface area contributed by atoms with Crippen LogP contribution in [0.25, 0.3) is 0 Å². The number of nitrogens with one attached hydrogen (secondary N) is 2. The van der Waals surface area contributed by atoms with Crippen LogP contribution in [-0.2, 0) is 4.79 Å². The lowest BCUT2D eigenvalue weighted by molar-refractivity contribution is -0.118. The number of hydrogen-bond donors (Lipinski definition) is 2. The Labute approximate surface area is 126 Å². The second kappa shape index (κ2) is 6.48. The fraction of sp³-hybridized carbons (Fsp3) is 0.588. The van der Waals surface area contributed by atoms with E-state index in [1.54, 1.807) is 0 Å². The SMILES string of the molecule is Cc1cc(N2CCCC2)ccc1NC(=O)C1CCCCN1. The lowest BCUT2D eigenvalue weighted by atomic mass is 10.0. The number of benzene rings is 1. The maximum Gasteiger partial charge on any atom is 0.241 e. The van der Waals surface area contributed by atoms with E-state index in [1.165, 1.54) is 24.9 Å². The molecule has 2 saturated heterocycles. The van der Waals surface area contributed by atoms with Crippen molar-refractivity contribution in [1.29, 1.82) is 0 Å². The molecule has 1 aromatic carbocycles. The lowest BCUT2D eigenvalue weighted by Crippen LogP contribution is -2.43. The molecule has 2 aliphatic rings. The Kier molecular flexibility index (Phi) is 4.44. The number of piperidine rings is 1. The van der Waals surface area contributed by atoms with Gasteiger partial charge in [-0.1, -0.05) is 6.42 Å². The van der Waals surface area contributed by atoms with Crippen molar-refractivity contribution in [2.45, 2.75) is 45.1 Å². The number of amides is 1. The minimum absolute atomic E-state index is 0.0311. The van der Waals surface area contributed by atoms with Crippen LogP contribution in [0.2, 0.25) is 0 Å². The zero-order valence-electron chi connectivity index (χ0n) is 12.8. The maximum atomic E-state index is 12.3. The van der Waals surface area contributed by atoms with Gasteiger partial charge in [0.15, 0.2) is 0 Å². The second-order valence-corrected chi connectivity index (χ2v) is 6.19. The minimum Gasteiger partial charge on any atom is -0.372 e. The molecular weight excluding hydrogens is 262 g/mol. The van der Waals surface area contributed by atoms with Gasteiger partial charge in [0, 0.05) is 24.5 Å². The van der Waals surface area contributed by atoms with Crippen LogP contribution in [0.3, 0.4) is 0 Å². The van der Waals surface area contributed by atoms with Gasteiger partial charge in [0.1, 0.15) is 0 Å². The standard InChI is InChI=1S/C17H25N3O/c1-13-12-14(20-10-4-5-11-20)7-8-15(13)19-17(21)16-6-2-3-9-18-16/h7-8,12,16,18H,2-6,9-11H2,1H3,(H,19,21). The molecule has 1 atom stereocenters. The van der Waals surface area contributed by atoms with Crippen LogP contribution in [0.5, 0.6) is 0 Å². The summed E-state index contributed by atoms with van der Waals surface area (Å²) in [4.78, 5) is 14.7. The first-order chi connectivity index (χ1) is 10.2. The quantitative estimate of drug-likeness (QED) is 0.898. The summed E-state index contributed by atoms with van der Waals surface area (Å²) in [6.45, 7) is 5.32. The number of carbonyl (C=O) groups excluding carboxylic acids is 1. The molecule has 0 radical (unpaired) electrons. The summed E-state index contributed by atoms with van der Waals surface area (Å²) in [5.41, 5.74) is 3.36. The van der Waals surface area contributed by atoms with E-state index >= 15 is 0 Å². The van der Waals surface area contributed by atoms with Crippen molar-refractivity contribution >= 4 is 17.3 Å². The third kappa shape index (κ3) is 3.38. The van der Waals surface area contributed by atoms with Gasteiger partial charge in [0.05, 0.1) is 6.04 Å². The van der Waals surface area contributed by atoms with Crippen molar-refractivity contribution in [2.24, 2.45) is 0 Å². The highest BCUT2D eigenvalue weighted by molar-refractivity contribution is 5.95.